The van der Waals surface area contributed by atoms with Crippen molar-refractivity contribution in [1.29, 1.82) is 0 Å². The average molecular weight is 218 g/mol. The first-order valence-electron chi connectivity index (χ1n) is 6.29. The number of rotatable bonds is 4. The number of nitrogens with one attached hydrogen (secondary N) is 1. The van der Waals surface area contributed by atoms with Gasteiger partial charge in [-0.1, -0.05) is 31.2 Å². The first-order chi connectivity index (χ1) is 7.78. The van der Waals surface area contributed by atoms with Crippen LogP contribution in [0.1, 0.15) is 37.3 Å². The van der Waals surface area contributed by atoms with Crippen LogP contribution in [-0.2, 0) is 13.1 Å². The maximum absolute atomic E-state index is 5.57. The first kappa shape index (κ1) is 11.6. The average Bonchev–Trinajstić information content (AvgIpc) is 2.73. The molecule has 16 heavy (non-hydrogen) atoms. The lowest BCUT2D eigenvalue weighted by atomic mass is 10.1. The van der Waals surface area contributed by atoms with E-state index in [0.29, 0.717) is 6.54 Å². The van der Waals surface area contributed by atoms with E-state index in [4.69, 9.17) is 5.73 Å². The summed E-state index contributed by atoms with van der Waals surface area (Å²) in [4.78, 5) is 0. The highest BCUT2D eigenvalue weighted by atomic mass is 14.9. The minimum absolute atomic E-state index is 0.633. The van der Waals surface area contributed by atoms with Gasteiger partial charge in [0.25, 0.3) is 0 Å². The number of benzene rings is 1. The summed E-state index contributed by atoms with van der Waals surface area (Å²) in [5, 5.41) is 3.63. The van der Waals surface area contributed by atoms with E-state index in [1.165, 1.54) is 30.4 Å². The fourth-order valence-corrected chi connectivity index (χ4v) is 2.45. The molecule has 0 bridgehead atoms. The molecule has 0 aromatic heterocycles. The van der Waals surface area contributed by atoms with Gasteiger partial charge >= 0.3 is 0 Å². The molecule has 0 amide bonds. The third kappa shape index (κ3) is 3.06. The van der Waals surface area contributed by atoms with Crippen LogP contribution in [0, 0.1) is 5.92 Å². The molecular formula is C14H22N2. The summed E-state index contributed by atoms with van der Waals surface area (Å²) in [6.07, 6.45) is 4.05. The molecule has 2 unspecified atom stereocenters. The van der Waals surface area contributed by atoms with Crippen molar-refractivity contribution in [3.63, 3.8) is 0 Å². The fourth-order valence-electron chi connectivity index (χ4n) is 2.45. The molecule has 1 aromatic rings. The molecule has 0 saturated heterocycles. The van der Waals surface area contributed by atoms with Crippen molar-refractivity contribution in [3.05, 3.63) is 35.4 Å². The molecule has 0 spiro atoms. The van der Waals surface area contributed by atoms with E-state index in [-0.39, 0.29) is 0 Å². The second-order valence-electron chi connectivity index (χ2n) is 5.02. The molecule has 3 N–H and O–H groups in total. The zero-order chi connectivity index (χ0) is 11.4. The molecule has 0 aliphatic heterocycles. The van der Waals surface area contributed by atoms with Crippen molar-refractivity contribution >= 4 is 0 Å². The molecule has 1 aliphatic carbocycles. The smallest absolute Gasteiger partial charge is 0.0208 e. The number of nitrogens with two attached hydrogens (primary N) is 1. The zero-order valence-corrected chi connectivity index (χ0v) is 10.1. The van der Waals surface area contributed by atoms with Gasteiger partial charge in [0.1, 0.15) is 0 Å². The van der Waals surface area contributed by atoms with Gasteiger partial charge in [-0.2, -0.15) is 0 Å². The van der Waals surface area contributed by atoms with Gasteiger partial charge in [-0.15, -0.1) is 0 Å². The second kappa shape index (κ2) is 5.46. The molecule has 1 fully saturated rings. The van der Waals surface area contributed by atoms with Crippen LogP contribution < -0.4 is 11.1 Å². The van der Waals surface area contributed by atoms with Crippen LogP contribution in [-0.4, -0.2) is 6.04 Å². The lowest BCUT2D eigenvalue weighted by Crippen LogP contribution is -2.25. The highest BCUT2D eigenvalue weighted by molar-refractivity contribution is 5.22. The first-order valence-corrected chi connectivity index (χ1v) is 6.29. The van der Waals surface area contributed by atoms with E-state index in [0.717, 1.165) is 18.5 Å². The van der Waals surface area contributed by atoms with Gasteiger partial charge in [-0.3, -0.25) is 0 Å². The van der Waals surface area contributed by atoms with Gasteiger partial charge in [-0.05, 0) is 36.3 Å². The molecule has 2 rings (SSSR count). The summed E-state index contributed by atoms with van der Waals surface area (Å²) in [6.45, 7) is 3.97. The number of hydrogen-bond donors (Lipinski definition) is 2. The lowest BCUT2D eigenvalue weighted by molar-refractivity contribution is 0.502. The Morgan fingerprint density at radius 3 is 2.44 bits per heavy atom. The van der Waals surface area contributed by atoms with Crippen molar-refractivity contribution in [2.75, 3.05) is 0 Å². The Kier molecular flexibility index (Phi) is 3.97. The van der Waals surface area contributed by atoms with Crippen LogP contribution in [0.25, 0.3) is 0 Å². The lowest BCUT2D eigenvalue weighted by Gasteiger charge is -2.12. The predicted octanol–water partition coefficient (Wildman–Crippen LogP) is 2.42. The highest BCUT2D eigenvalue weighted by Crippen LogP contribution is 2.24. The van der Waals surface area contributed by atoms with Crippen LogP contribution in [0.15, 0.2) is 24.3 Å². The summed E-state index contributed by atoms with van der Waals surface area (Å²) in [5.41, 5.74) is 8.14. The molecule has 88 valence electrons. The van der Waals surface area contributed by atoms with Crippen LogP contribution in [0.4, 0.5) is 0 Å². The van der Waals surface area contributed by atoms with E-state index in [1.807, 2.05) is 0 Å². The Hall–Kier alpha value is -0.860. The maximum Gasteiger partial charge on any atom is 0.0208 e. The van der Waals surface area contributed by atoms with Gasteiger partial charge in [-0.25, -0.2) is 0 Å². The summed E-state index contributed by atoms with van der Waals surface area (Å²) >= 11 is 0. The van der Waals surface area contributed by atoms with Crippen LogP contribution in [0.5, 0.6) is 0 Å². The van der Waals surface area contributed by atoms with Crippen LogP contribution in [0.2, 0.25) is 0 Å². The molecule has 0 heterocycles. The third-order valence-electron chi connectivity index (χ3n) is 3.55. The van der Waals surface area contributed by atoms with Gasteiger partial charge in [0, 0.05) is 19.1 Å². The minimum Gasteiger partial charge on any atom is -0.326 e. The summed E-state index contributed by atoms with van der Waals surface area (Å²) in [7, 11) is 0. The Balaban J connectivity index is 1.80. The minimum atomic E-state index is 0.633. The Morgan fingerprint density at radius 2 is 1.88 bits per heavy atom. The van der Waals surface area contributed by atoms with Gasteiger partial charge in [0.2, 0.25) is 0 Å². The topological polar surface area (TPSA) is 38.0 Å². The molecule has 2 heteroatoms. The summed E-state index contributed by atoms with van der Waals surface area (Å²) < 4.78 is 0. The van der Waals surface area contributed by atoms with Crippen LogP contribution in [0.3, 0.4) is 0 Å². The van der Waals surface area contributed by atoms with E-state index >= 15 is 0 Å². The standard InChI is InChI=1S/C14H22N2/c1-11-2-7-14(8-11)16-10-13-5-3-12(9-15)4-6-13/h3-6,11,14,16H,2,7-10,15H2,1H3. The van der Waals surface area contributed by atoms with E-state index in [9.17, 15) is 0 Å². The molecule has 2 nitrogen and oxygen atoms in total. The monoisotopic (exact) mass is 218 g/mol. The van der Waals surface area contributed by atoms with Gasteiger partial charge in [0.15, 0.2) is 0 Å². The van der Waals surface area contributed by atoms with Crippen molar-refractivity contribution in [3.8, 4) is 0 Å². The van der Waals surface area contributed by atoms with Crippen molar-refractivity contribution in [2.45, 2.75) is 45.3 Å². The Labute approximate surface area is 98.2 Å². The normalized spacial score (nSPS) is 24.9. The molecular weight excluding hydrogens is 196 g/mol. The predicted molar refractivity (Wildman–Crippen MR) is 68.0 cm³/mol. The van der Waals surface area contributed by atoms with Crippen molar-refractivity contribution in [1.82, 2.24) is 5.32 Å². The quantitative estimate of drug-likeness (QED) is 0.814. The van der Waals surface area contributed by atoms with E-state index in [1.54, 1.807) is 0 Å². The molecule has 1 saturated carbocycles. The Morgan fingerprint density at radius 1 is 1.19 bits per heavy atom. The zero-order valence-electron chi connectivity index (χ0n) is 10.1. The molecule has 0 radical (unpaired) electrons. The van der Waals surface area contributed by atoms with Gasteiger partial charge < -0.3 is 11.1 Å². The molecule has 2 atom stereocenters. The summed E-state index contributed by atoms with van der Waals surface area (Å²) in [6, 6.07) is 9.31. The largest absolute Gasteiger partial charge is 0.326 e. The van der Waals surface area contributed by atoms with Crippen molar-refractivity contribution in [2.24, 2.45) is 11.7 Å². The Bertz CT molecular complexity index is 318. The SMILES string of the molecule is CC1CCC(NCc2ccc(CN)cc2)C1. The van der Waals surface area contributed by atoms with E-state index in [2.05, 4.69) is 36.5 Å². The fraction of sp³-hybridized carbons (Fsp3) is 0.571. The highest BCUT2D eigenvalue weighted by Gasteiger charge is 2.20. The van der Waals surface area contributed by atoms with Crippen LogP contribution >= 0.6 is 0 Å². The summed E-state index contributed by atoms with van der Waals surface area (Å²) in [5.74, 6) is 0.900. The number of hydrogen-bond acceptors (Lipinski definition) is 2. The van der Waals surface area contributed by atoms with E-state index < -0.39 is 0 Å². The second-order valence-corrected chi connectivity index (χ2v) is 5.02. The third-order valence-corrected chi connectivity index (χ3v) is 3.55. The maximum atomic E-state index is 5.57. The molecule has 1 aliphatic rings. The van der Waals surface area contributed by atoms with Gasteiger partial charge in [0.05, 0.1) is 0 Å². The molecule has 1 aromatic carbocycles. The van der Waals surface area contributed by atoms with Crippen molar-refractivity contribution < 1.29 is 0 Å².